The first-order chi connectivity index (χ1) is 13.4. The van der Waals surface area contributed by atoms with Crippen LogP contribution < -0.4 is 0 Å². The lowest BCUT2D eigenvalue weighted by Crippen LogP contribution is -2.63. The van der Waals surface area contributed by atoms with Gasteiger partial charge >= 0.3 is 35.6 Å². The van der Waals surface area contributed by atoms with Crippen LogP contribution >= 0.6 is 0 Å². The molecule has 164 valence electrons. The molecule has 1 heterocycles. The van der Waals surface area contributed by atoms with E-state index in [2.05, 4.69) is 4.74 Å². The van der Waals surface area contributed by atoms with E-state index in [9.17, 15) is 24.0 Å². The molecule has 0 radical (unpaired) electrons. The Morgan fingerprint density at radius 2 is 1.66 bits per heavy atom. The van der Waals surface area contributed by atoms with Crippen LogP contribution in [0.15, 0.2) is 0 Å². The first kappa shape index (κ1) is 24.3. The number of ether oxygens (including phenoxy) is 6. The van der Waals surface area contributed by atoms with Gasteiger partial charge < -0.3 is 28.4 Å². The van der Waals surface area contributed by atoms with Crippen molar-refractivity contribution in [2.45, 2.75) is 64.4 Å². The lowest BCUT2D eigenvalue weighted by Gasteiger charge is -2.44. The van der Waals surface area contributed by atoms with E-state index in [0.717, 1.165) is 34.8 Å². The van der Waals surface area contributed by atoms with Crippen LogP contribution in [0.2, 0.25) is 0 Å². The molecule has 0 aromatic carbocycles. The van der Waals surface area contributed by atoms with Gasteiger partial charge in [0, 0.05) is 27.7 Å². The van der Waals surface area contributed by atoms with Crippen molar-refractivity contribution in [3.8, 4) is 0 Å². The van der Waals surface area contributed by atoms with Gasteiger partial charge in [-0.15, -0.1) is 0 Å². The predicted octanol–water partition coefficient (Wildman–Crippen LogP) is -0.0277. The zero-order chi connectivity index (χ0) is 22.4. The number of alkyl halides is 1. The summed E-state index contributed by atoms with van der Waals surface area (Å²) in [6, 6.07) is 0. The number of halogens is 1. The third kappa shape index (κ3) is 6.66. The molecule has 0 aromatic heterocycles. The number of hydrogen-bond acceptors (Lipinski definition) is 11. The van der Waals surface area contributed by atoms with Gasteiger partial charge in [-0.3, -0.25) is 19.2 Å². The van der Waals surface area contributed by atoms with Crippen LogP contribution in [0, 0.1) is 0 Å². The van der Waals surface area contributed by atoms with E-state index < -0.39 is 73.1 Å². The number of carbonyl (C=O) groups excluding carboxylic acids is 5. The van der Waals surface area contributed by atoms with E-state index in [1.165, 1.54) is 0 Å². The molecular weight excluding hydrogens is 399 g/mol. The Morgan fingerprint density at radius 3 is 2.10 bits per heavy atom. The van der Waals surface area contributed by atoms with E-state index in [0.29, 0.717) is 0 Å². The highest BCUT2D eigenvalue weighted by Gasteiger charge is 2.59. The summed E-state index contributed by atoms with van der Waals surface area (Å²) in [6.45, 7) is 3.42. The molecule has 1 aliphatic heterocycles. The van der Waals surface area contributed by atoms with Crippen molar-refractivity contribution in [3.05, 3.63) is 0 Å². The van der Waals surface area contributed by atoms with E-state index in [1.54, 1.807) is 0 Å². The molecule has 1 saturated heterocycles. The second-order valence-corrected chi connectivity index (χ2v) is 6.17. The molecule has 0 saturated carbocycles. The first-order valence-electron chi connectivity index (χ1n) is 8.49. The van der Waals surface area contributed by atoms with Crippen LogP contribution in [-0.4, -0.2) is 73.8 Å². The second-order valence-electron chi connectivity index (χ2n) is 6.17. The van der Waals surface area contributed by atoms with Gasteiger partial charge in [0.25, 0.3) is 0 Å². The van der Waals surface area contributed by atoms with Gasteiger partial charge in [0.1, 0.15) is 18.8 Å². The van der Waals surface area contributed by atoms with Crippen molar-refractivity contribution in [2.75, 3.05) is 13.7 Å². The highest BCUT2D eigenvalue weighted by molar-refractivity contribution is 5.81. The summed E-state index contributed by atoms with van der Waals surface area (Å²) in [7, 11) is 0.969. The fourth-order valence-electron chi connectivity index (χ4n) is 2.76. The van der Waals surface area contributed by atoms with E-state index in [-0.39, 0.29) is 0 Å². The molecule has 29 heavy (non-hydrogen) atoms. The number of hydrogen-bond donors (Lipinski definition) is 0. The Bertz CT molecular complexity index is 664. The molecule has 5 atom stereocenters. The van der Waals surface area contributed by atoms with Crippen molar-refractivity contribution < 1.29 is 56.8 Å². The van der Waals surface area contributed by atoms with Crippen LogP contribution in [0.4, 0.5) is 4.39 Å². The third-order valence-corrected chi connectivity index (χ3v) is 3.72. The summed E-state index contributed by atoms with van der Waals surface area (Å²) in [4.78, 5) is 57.8. The minimum atomic E-state index is -2.48. The van der Waals surface area contributed by atoms with Crippen LogP contribution in [0.1, 0.15) is 34.1 Å². The third-order valence-electron chi connectivity index (χ3n) is 3.72. The Hall–Kier alpha value is -2.76. The fourth-order valence-corrected chi connectivity index (χ4v) is 2.76. The molecule has 12 heteroatoms. The van der Waals surface area contributed by atoms with Crippen molar-refractivity contribution in [1.82, 2.24) is 0 Å². The van der Waals surface area contributed by atoms with Crippen molar-refractivity contribution in [3.63, 3.8) is 0 Å². The zero-order valence-electron chi connectivity index (χ0n) is 16.6. The van der Waals surface area contributed by atoms with Gasteiger partial charge in [-0.2, -0.15) is 0 Å². The first-order valence-corrected chi connectivity index (χ1v) is 8.49. The number of methoxy groups -OCH3 is 1. The Balaban J connectivity index is 3.39. The maximum Gasteiger partial charge on any atom is 0.379 e. The molecule has 1 fully saturated rings. The zero-order valence-corrected chi connectivity index (χ0v) is 16.6. The minimum Gasteiger partial charge on any atom is -0.464 e. The van der Waals surface area contributed by atoms with Gasteiger partial charge in [-0.1, -0.05) is 0 Å². The Kier molecular flexibility index (Phi) is 8.49. The molecule has 0 N–H and O–H groups in total. The summed E-state index contributed by atoms with van der Waals surface area (Å²) < 4.78 is 44.7. The van der Waals surface area contributed by atoms with Crippen molar-refractivity contribution in [1.29, 1.82) is 0 Å². The highest BCUT2D eigenvalue weighted by atomic mass is 19.1. The average Bonchev–Trinajstić information content (AvgIpc) is 2.59. The van der Waals surface area contributed by atoms with Crippen LogP contribution in [0.25, 0.3) is 0 Å². The van der Waals surface area contributed by atoms with Crippen molar-refractivity contribution >= 4 is 29.8 Å². The monoisotopic (exact) mass is 422 g/mol. The van der Waals surface area contributed by atoms with Crippen LogP contribution in [0.5, 0.6) is 0 Å². The SMILES string of the molecule is COC(=O)[C@@]1(OC(C)=O)C[C@@H](OC(C)=O)[C@@H](F)[C@@H]([C@@H](COC(C)=O)OC(C)=O)O1. The molecule has 0 unspecified atom stereocenters. The second kappa shape index (κ2) is 10.1. The molecule has 0 amide bonds. The van der Waals surface area contributed by atoms with Crippen molar-refractivity contribution in [2.24, 2.45) is 0 Å². The lowest BCUT2D eigenvalue weighted by atomic mass is 9.93. The van der Waals surface area contributed by atoms with E-state index >= 15 is 4.39 Å². The van der Waals surface area contributed by atoms with Gasteiger partial charge in [0.15, 0.2) is 12.3 Å². The molecule has 1 aliphatic rings. The predicted molar refractivity (Wildman–Crippen MR) is 88.6 cm³/mol. The summed E-state index contributed by atoms with van der Waals surface area (Å²) >= 11 is 0. The molecule has 0 spiro atoms. The summed E-state index contributed by atoms with van der Waals surface area (Å²) in [5, 5.41) is 0. The van der Waals surface area contributed by atoms with Gasteiger partial charge in [0.05, 0.1) is 13.5 Å². The standard InChI is InChI=1S/C17H23FO11/c1-8(19)25-7-13(27-10(3)21)15-14(18)12(26-9(2)20)6-17(29-15,16(23)24-5)28-11(4)22/h12-15H,6-7H2,1-5H3/t12-,13-,14-,15-,17-/m1/s1. The Labute approximate surface area is 165 Å². The molecule has 11 nitrogen and oxygen atoms in total. The number of esters is 5. The normalized spacial score (nSPS) is 27.2. The van der Waals surface area contributed by atoms with E-state index in [4.69, 9.17) is 23.7 Å². The Morgan fingerprint density at radius 1 is 1.03 bits per heavy atom. The maximum absolute atomic E-state index is 15.1. The number of carbonyl (C=O) groups is 5. The smallest absolute Gasteiger partial charge is 0.379 e. The largest absolute Gasteiger partial charge is 0.464 e. The molecule has 0 bridgehead atoms. The highest BCUT2D eigenvalue weighted by Crippen LogP contribution is 2.37. The van der Waals surface area contributed by atoms with Gasteiger partial charge in [0.2, 0.25) is 0 Å². The van der Waals surface area contributed by atoms with Gasteiger partial charge in [-0.05, 0) is 0 Å². The maximum atomic E-state index is 15.1. The fraction of sp³-hybridized carbons (Fsp3) is 0.706. The average molecular weight is 422 g/mol. The lowest BCUT2D eigenvalue weighted by molar-refractivity contribution is -0.308. The number of rotatable bonds is 7. The molecule has 1 rings (SSSR count). The summed E-state index contributed by atoms with van der Waals surface area (Å²) in [6.07, 6.45) is -7.83. The minimum absolute atomic E-state index is 0.635. The summed E-state index contributed by atoms with van der Waals surface area (Å²) in [5.74, 6) is -7.19. The van der Waals surface area contributed by atoms with Gasteiger partial charge in [-0.25, -0.2) is 9.18 Å². The topological polar surface area (TPSA) is 141 Å². The molecular formula is C17H23FO11. The summed E-state index contributed by atoms with van der Waals surface area (Å²) in [5.41, 5.74) is 0. The van der Waals surface area contributed by atoms with E-state index in [1.807, 2.05) is 0 Å². The van der Waals surface area contributed by atoms with Crippen LogP contribution in [0.3, 0.4) is 0 Å². The van der Waals surface area contributed by atoms with Crippen LogP contribution in [-0.2, 0) is 52.4 Å². The molecule has 0 aliphatic carbocycles. The molecule has 0 aromatic rings. The quantitative estimate of drug-likeness (QED) is 0.403.